The Morgan fingerprint density at radius 3 is 2.24 bits per heavy atom. The van der Waals surface area contributed by atoms with Gasteiger partial charge in [-0.25, -0.2) is 9.78 Å². The standard InChI is InChI=1S/C26H31N3O4/c1-18(2)23-17-29(24(27-23)19-7-11-21(31-6)12-8-19)20-9-13-22(14-10-20)32-15-16-33-25(30)28-26(3,4)5/h7-14,17H,1,15-16H2,2-6H3,(H,28,30). The number of amides is 1. The highest BCUT2D eigenvalue weighted by atomic mass is 16.6. The van der Waals surface area contributed by atoms with Crippen molar-refractivity contribution in [3.63, 3.8) is 0 Å². The summed E-state index contributed by atoms with van der Waals surface area (Å²) in [6.45, 7) is 12.1. The number of ether oxygens (including phenoxy) is 3. The lowest BCUT2D eigenvalue weighted by Gasteiger charge is -2.19. The lowest BCUT2D eigenvalue weighted by molar-refractivity contribution is 0.118. The third kappa shape index (κ3) is 6.62. The number of carbonyl (C=O) groups is 1. The second-order valence-electron chi connectivity index (χ2n) is 8.68. The number of benzene rings is 2. The molecule has 0 aliphatic carbocycles. The van der Waals surface area contributed by atoms with Gasteiger partial charge < -0.3 is 19.5 Å². The van der Waals surface area contributed by atoms with E-state index < -0.39 is 6.09 Å². The summed E-state index contributed by atoms with van der Waals surface area (Å²) in [7, 11) is 1.64. The molecular formula is C26H31N3O4. The van der Waals surface area contributed by atoms with E-state index in [1.165, 1.54) is 0 Å². The van der Waals surface area contributed by atoms with Gasteiger partial charge in [0.25, 0.3) is 0 Å². The Morgan fingerprint density at radius 2 is 1.67 bits per heavy atom. The van der Waals surface area contributed by atoms with Crippen LogP contribution in [-0.4, -0.2) is 41.5 Å². The summed E-state index contributed by atoms with van der Waals surface area (Å²) in [5.74, 6) is 2.28. The van der Waals surface area contributed by atoms with Crippen LogP contribution < -0.4 is 14.8 Å². The van der Waals surface area contributed by atoms with E-state index >= 15 is 0 Å². The van der Waals surface area contributed by atoms with Crippen molar-refractivity contribution in [2.24, 2.45) is 0 Å². The summed E-state index contributed by atoms with van der Waals surface area (Å²) >= 11 is 0. The number of nitrogens with zero attached hydrogens (tertiary/aromatic N) is 2. The molecule has 0 aliphatic rings. The largest absolute Gasteiger partial charge is 0.497 e. The molecule has 0 bridgehead atoms. The Hall–Kier alpha value is -3.74. The fourth-order valence-corrected chi connectivity index (χ4v) is 3.07. The first-order valence-corrected chi connectivity index (χ1v) is 10.7. The van der Waals surface area contributed by atoms with E-state index in [-0.39, 0.29) is 18.8 Å². The molecule has 1 aromatic heterocycles. The molecule has 33 heavy (non-hydrogen) atoms. The molecule has 0 saturated carbocycles. The average molecular weight is 450 g/mol. The Morgan fingerprint density at radius 1 is 1.03 bits per heavy atom. The molecule has 0 unspecified atom stereocenters. The molecule has 3 aromatic rings. The first kappa shape index (κ1) is 23.9. The number of alkyl carbamates (subject to hydrolysis) is 1. The van der Waals surface area contributed by atoms with Crippen molar-refractivity contribution in [2.75, 3.05) is 20.3 Å². The van der Waals surface area contributed by atoms with Crippen molar-refractivity contribution in [3.8, 4) is 28.6 Å². The minimum atomic E-state index is -0.457. The van der Waals surface area contributed by atoms with Crippen molar-refractivity contribution >= 4 is 11.7 Å². The summed E-state index contributed by atoms with van der Waals surface area (Å²) in [4.78, 5) is 16.5. The van der Waals surface area contributed by atoms with Crippen LogP contribution in [0.25, 0.3) is 22.6 Å². The molecule has 1 amide bonds. The molecule has 7 nitrogen and oxygen atoms in total. The Bertz CT molecular complexity index is 1090. The molecule has 0 radical (unpaired) electrons. The van der Waals surface area contributed by atoms with Gasteiger partial charge in [0.1, 0.15) is 30.5 Å². The zero-order valence-electron chi connectivity index (χ0n) is 19.8. The van der Waals surface area contributed by atoms with Crippen molar-refractivity contribution in [2.45, 2.75) is 33.2 Å². The van der Waals surface area contributed by atoms with Gasteiger partial charge in [-0.1, -0.05) is 6.58 Å². The first-order valence-electron chi connectivity index (χ1n) is 10.7. The molecule has 0 spiro atoms. The third-order valence-electron chi connectivity index (χ3n) is 4.67. The van der Waals surface area contributed by atoms with Crippen LogP contribution in [0.1, 0.15) is 33.4 Å². The van der Waals surface area contributed by atoms with Crippen molar-refractivity contribution in [3.05, 3.63) is 67.0 Å². The number of imidazole rings is 1. The van der Waals surface area contributed by atoms with Gasteiger partial charge >= 0.3 is 6.09 Å². The highest BCUT2D eigenvalue weighted by molar-refractivity contribution is 5.68. The van der Waals surface area contributed by atoms with Crippen molar-refractivity contribution in [1.29, 1.82) is 0 Å². The highest BCUT2D eigenvalue weighted by Gasteiger charge is 2.15. The summed E-state index contributed by atoms with van der Waals surface area (Å²) in [5.41, 5.74) is 3.28. The lowest BCUT2D eigenvalue weighted by Crippen LogP contribution is -2.41. The Balaban J connectivity index is 1.69. The zero-order valence-corrected chi connectivity index (χ0v) is 19.8. The minimum Gasteiger partial charge on any atom is -0.497 e. The number of hydrogen-bond donors (Lipinski definition) is 1. The normalized spacial score (nSPS) is 11.1. The Labute approximate surface area is 195 Å². The zero-order chi connectivity index (χ0) is 24.0. The monoisotopic (exact) mass is 449 g/mol. The molecule has 0 aliphatic heterocycles. The lowest BCUT2D eigenvalue weighted by atomic mass is 10.1. The van der Waals surface area contributed by atoms with Crippen molar-refractivity contribution < 1.29 is 19.0 Å². The summed E-state index contributed by atoms with van der Waals surface area (Å²) < 4.78 is 18.1. The fraction of sp³-hybridized carbons (Fsp3) is 0.308. The summed E-state index contributed by atoms with van der Waals surface area (Å²) in [5, 5.41) is 2.74. The van der Waals surface area contributed by atoms with Crippen molar-refractivity contribution in [1.82, 2.24) is 14.9 Å². The van der Waals surface area contributed by atoms with Crippen LogP contribution >= 0.6 is 0 Å². The van der Waals surface area contributed by atoms with Gasteiger partial charge in [-0.2, -0.15) is 0 Å². The van der Waals surface area contributed by atoms with Gasteiger partial charge in [0.15, 0.2) is 0 Å². The summed E-state index contributed by atoms with van der Waals surface area (Å²) in [6, 6.07) is 15.5. The number of allylic oxidation sites excluding steroid dienone is 1. The van der Waals surface area contributed by atoms with Crippen LogP contribution in [0.2, 0.25) is 0 Å². The van der Waals surface area contributed by atoms with E-state index in [1.807, 2.05) is 87.0 Å². The summed E-state index contributed by atoms with van der Waals surface area (Å²) in [6.07, 6.45) is 1.51. The molecule has 2 aromatic carbocycles. The minimum absolute atomic E-state index is 0.161. The van der Waals surface area contributed by atoms with Gasteiger partial charge in [0.05, 0.1) is 12.8 Å². The second kappa shape index (κ2) is 10.3. The average Bonchev–Trinajstić information content (AvgIpc) is 3.22. The number of carbonyl (C=O) groups excluding carboxylic acids is 1. The molecule has 7 heteroatoms. The van der Waals surface area contributed by atoms with Gasteiger partial charge in [0.2, 0.25) is 0 Å². The van der Waals surface area contributed by atoms with Crippen LogP contribution in [0.15, 0.2) is 61.3 Å². The fourth-order valence-electron chi connectivity index (χ4n) is 3.07. The molecule has 0 atom stereocenters. The first-order chi connectivity index (χ1) is 15.7. The SMILES string of the molecule is C=C(C)c1cn(-c2ccc(OCCOC(=O)NC(C)(C)C)cc2)c(-c2ccc(OC)cc2)n1. The van der Waals surface area contributed by atoms with E-state index in [1.54, 1.807) is 7.11 Å². The maximum absolute atomic E-state index is 11.7. The maximum atomic E-state index is 11.7. The van der Waals surface area contributed by atoms with Gasteiger partial charge in [-0.05, 0) is 81.8 Å². The number of rotatable bonds is 8. The van der Waals surface area contributed by atoms with Crippen LogP contribution in [0.4, 0.5) is 4.79 Å². The number of aromatic nitrogens is 2. The van der Waals surface area contributed by atoms with Crippen LogP contribution in [0.5, 0.6) is 11.5 Å². The number of nitrogens with one attached hydrogen (secondary N) is 1. The van der Waals surface area contributed by atoms with Gasteiger partial charge in [-0.15, -0.1) is 0 Å². The van der Waals surface area contributed by atoms with Crippen LogP contribution in [0, 0.1) is 0 Å². The molecule has 1 heterocycles. The van der Waals surface area contributed by atoms with E-state index in [9.17, 15) is 4.79 Å². The second-order valence-corrected chi connectivity index (χ2v) is 8.68. The highest BCUT2D eigenvalue weighted by Crippen LogP contribution is 2.27. The van der Waals surface area contributed by atoms with E-state index in [2.05, 4.69) is 11.9 Å². The van der Waals surface area contributed by atoms with E-state index in [0.717, 1.165) is 34.1 Å². The number of hydrogen-bond acceptors (Lipinski definition) is 5. The molecule has 0 saturated heterocycles. The molecular weight excluding hydrogens is 418 g/mol. The van der Waals surface area contributed by atoms with E-state index in [0.29, 0.717) is 5.75 Å². The molecule has 3 rings (SSSR count). The van der Waals surface area contributed by atoms with Gasteiger partial charge in [0, 0.05) is 23.0 Å². The maximum Gasteiger partial charge on any atom is 0.407 e. The van der Waals surface area contributed by atoms with Gasteiger partial charge in [-0.3, -0.25) is 4.57 Å². The van der Waals surface area contributed by atoms with Crippen LogP contribution in [-0.2, 0) is 4.74 Å². The third-order valence-corrected chi connectivity index (χ3v) is 4.67. The molecule has 174 valence electrons. The Kier molecular flexibility index (Phi) is 7.43. The quantitative estimate of drug-likeness (QED) is 0.461. The van der Waals surface area contributed by atoms with E-state index in [4.69, 9.17) is 19.2 Å². The predicted octanol–water partition coefficient (Wildman–Crippen LogP) is 5.48. The molecule has 1 N–H and O–H groups in total. The topological polar surface area (TPSA) is 74.6 Å². The molecule has 0 fully saturated rings. The smallest absolute Gasteiger partial charge is 0.407 e. The van der Waals surface area contributed by atoms with Crippen LogP contribution in [0.3, 0.4) is 0 Å². The predicted molar refractivity (Wildman–Crippen MR) is 130 cm³/mol. The number of methoxy groups -OCH3 is 1.